The molecule has 3 heterocycles. The van der Waals surface area contributed by atoms with Crippen molar-refractivity contribution in [3.05, 3.63) is 75.6 Å². The van der Waals surface area contributed by atoms with Gasteiger partial charge in [0, 0.05) is 14.1 Å². The van der Waals surface area contributed by atoms with Gasteiger partial charge < -0.3 is 5.32 Å². The number of amides is 1. The Hall–Kier alpha value is -4.08. The number of para-hydroxylation sites is 2. The van der Waals surface area contributed by atoms with E-state index in [1.165, 1.54) is 48.1 Å². The summed E-state index contributed by atoms with van der Waals surface area (Å²) in [5.74, 6) is -0.484. The maximum absolute atomic E-state index is 12.7. The number of aromatic nitrogens is 6. The van der Waals surface area contributed by atoms with Gasteiger partial charge in [-0.05, 0) is 24.3 Å². The van der Waals surface area contributed by atoms with Crippen LogP contribution in [0.3, 0.4) is 0 Å². The maximum Gasteiger partial charge on any atom is 0.332 e. The van der Waals surface area contributed by atoms with Gasteiger partial charge in [-0.1, -0.05) is 12.1 Å². The zero-order valence-electron chi connectivity index (χ0n) is 15.0. The van der Waals surface area contributed by atoms with Gasteiger partial charge in [0.1, 0.15) is 24.0 Å². The van der Waals surface area contributed by atoms with E-state index in [1.807, 2.05) is 6.07 Å². The summed E-state index contributed by atoms with van der Waals surface area (Å²) in [6, 6.07) is 10.0. The van der Waals surface area contributed by atoms with Crippen LogP contribution in [0.5, 0.6) is 0 Å². The molecular weight excluding hydrogens is 362 g/mol. The molecule has 10 heteroatoms. The third kappa shape index (κ3) is 2.76. The molecule has 1 N–H and O–H groups in total. The van der Waals surface area contributed by atoms with E-state index in [1.54, 1.807) is 18.2 Å². The Balaban J connectivity index is 1.75. The van der Waals surface area contributed by atoms with E-state index in [-0.39, 0.29) is 16.7 Å². The van der Waals surface area contributed by atoms with Gasteiger partial charge in [0.2, 0.25) is 0 Å². The molecule has 0 radical (unpaired) electrons. The zero-order valence-corrected chi connectivity index (χ0v) is 15.0. The molecule has 3 aromatic heterocycles. The fraction of sp³-hybridized carbons (Fsp3) is 0.111. The smallest absolute Gasteiger partial charge is 0.319 e. The number of benzene rings is 1. The van der Waals surface area contributed by atoms with Crippen molar-refractivity contribution in [2.45, 2.75) is 0 Å². The largest absolute Gasteiger partial charge is 0.332 e. The van der Waals surface area contributed by atoms with Crippen molar-refractivity contribution in [2.24, 2.45) is 14.1 Å². The third-order valence-electron chi connectivity index (χ3n) is 4.35. The number of nitrogens with one attached hydrogen (secondary N) is 1. The quantitative estimate of drug-likeness (QED) is 0.555. The summed E-state index contributed by atoms with van der Waals surface area (Å²) >= 11 is 0. The number of rotatable bonds is 3. The average Bonchev–Trinajstić information content (AvgIpc) is 3.25. The fourth-order valence-electron chi connectivity index (χ4n) is 2.88. The van der Waals surface area contributed by atoms with Crippen molar-refractivity contribution in [1.82, 2.24) is 28.9 Å². The van der Waals surface area contributed by atoms with Crippen LogP contribution in [0.25, 0.3) is 16.7 Å². The number of aryl methyl sites for hydroxylation is 1. The molecule has 0 atom stereocenters. The summed E-state index contributed by atoms with van der Waals surface area (Å²) in [6.45, 7) is 0. The number of hydrogen-bond donors (Lipinski definition) is 1. The van der Waals surface area contributed by atoms with Crippen LogP contribution in [0.15, 0.2) is 58.6 Å². The fourth-order valence-corrected chi connectivity index (χ4v) is 2.88. The molecule has 0 spiro atoms. The highest BCUT2D eigenvalue weighted by Crippen LogP contribution is 2.19. The molecule has 0 saturated carbocycles. The van der Waals surface area contributed by atoms with E-state index < -0.39 is 17.2 Å². The first-order chi connectivity index (χ1) is 13.5. The van der Waals surface area contributed by atoms with Crippen molar-refractivity contribution in [3.63, 3.8) is 0 Å². The summed E-state index contributed by atoms with van der Waals surface area (Å²) in [4.78, 5) is 45.2. The normalized spacial score (nSPS) is 10.9. The number of anilines is 1. The van der Waals surface area contributed by atoms with Crippen LogP contribution in [-0.2, 0) is 14.1 Å². The van der Waals surface area contributed by atoms with Crippen LogP contribution < -0.4 is 16.6 Å². The van der Waals surface area contributed by atoms with Gasteiger partial charge in [0.15, 0.2) is 0 Å². The van der Waals surface area contributed by atoms with Gasteiger partial charge in [-0.2, -0.15) is 5.10 Å². The second-order valence-corrected chi connectivity index (χ2v) is 6.08. The number of fused-ring (bicyclic) bond motifs is 1. The van der Waals surface area contributed by atoms with Gasteiger partial charge in [0.05, 0.1) is 16.8 Å². The molecule has 0 bridgehead atoms. The SMILES string of the molecule is Cn1c(=O)c2ccc(C(=O)Nc3ccccc3-n3cncn3)nc2n(C)c1=O. The minimum absolute atomic E-state index is 0.0733. The maximum atomic E-state index is 12.7. The van der Waals surface area contributed by atoms with E-state index in [0.717, 1.165) is 4.57 Å². The molecule has 0 aliphatic heterocycles. The van der Waals surface area contributed by atoms with Crippen molar-refractivity contribution in [2.75, 3.05) is 5.32 Å². The molecule has 0 saturated heterocycles. The number of pyridine rings is 1. The van der Waals surface area contributed by atoms with Gasteiger partial charge >= 0.3 is 5.69 Å². The third-order valence-corrected chi connectivity index (χ3v) is 4.35. The lowest BCUT2D eigenvalue weighted by molar-refractivity contribution is 0.102. The molecule has 1 amide bonds. The molecule has 0 aliphatic rings. The van der Waals surface area contributed by atoms with Crippen LogP contribution in [-0.4, -0.2) is 34.8 Å². The minimum atomic E-state index is -0.515. The van der Waals surface area contributed by atoms with E-state index in [9.17, 15) is 14.4 Å². The summed E-state index contributed by atoms with van der Waals surface area (Å²) < 4.78 is 3.76. The van der Waals surface area contributed by atoms with E-state index in [0.29, 0.717) is 11.4 Å². The monoisotopic (exact) mass is 377 g/mol. The van der Waals surface area contributed by atoms with Crippen molar-refractivity contribution in [1.29, 1.82) is 0 Å². The van der Waals surface area contributed by atoms with Crippen LogP contribution in [0.1, 0.15) is 10.5 Å². The highest BCUT2D eigenvalue weighted by atomic mass is 16.2. The number of hydrogen-bond acceptors (Lipinski definition) is 6. The standard InChI is InChI=1S/C18H15N7O3/c1-23-15-11(17(27)24(2)18(23)28)7-8-13(21-15)16(26)22-12-5-3-4-6-14(12)25-10-19-9-20-25/h3-10H,1-2H3,(H,22,26). The minimum Gasteiger partial charge on any atom is -0.319 e. The Morgan fingerprint density at radius 3 is 2.57 bits per heavy atom. The van der Waals surface area contributed by atoms with Crippen molar-refractivity contribution < 1.29 is 4.79 Å². The molecule has 140 valence electrons. The topological polar surface area (TPSA) is 117 Å². The predicted octanol–water partition coefficient (Wildman–Crippen LogP) is 0.465. The lowest BCUT2D eigenvalue weighted by atomic mass is 10.2. The van der Waals surface area contributed by atoms with E-state index in [4.69, 9.17) is 0 Å². The summed E-state index contributed by atoms with van der Waals surface area (Å²) in [6.07, 6.45) is 2.91. The Bertz CT molecular complexity index is 1320. The summed E-state index contributed by atoms with van der Waals surface area (Å²) in [5.41, 5.74) is 0.385. The van der Waals surface area contributed by atoms with Crippen LogP contribution in [0, 0.1) is 0 Å². The molecule has 0 fully saturated rings. The van der Waals surface area contributed by atoms with Crippen molar-refractivity contribution >= 4 is 22.6 Å². The Kier molecular flexibility index (Phi) is 4.07. The van der Waals surface area contributed by atoms with Crippen LogP contribution in [0.4, 0.5) is 5.69 Å². The highest BCUT2D eigenvalue weighted by Gasteiger charge is 2.15. The first kappa shape index (κ1) is 17.3. The first-order valence-corrected chi connectivity index (χ1v) is 8.29. The molecule has 1 aromatic carbocycles. The lowest BCUT2D eigenvalue weighted by Gasteiger charge is -2.11. The second-order valence-electron chi connectivity index (χ2n) is 6.08. The Labute approximate surface area is 157 Å². The van der Waals surface area contributed by atoms with Crippen LogP contribution in [0.2, 0.25) is 0 Å². The number of carbonyl (C=O) groups excluding carboxylic acids is 1. The van der Waals surface area contributed by atoms with Crippen molar-refractivity contribution in [3.8, 4) is 5.69 Å². The second kappa shape index (κ2) is 6.58. The van der Waals surface area contributed by atoms with Gasteiger partial charge in [-0.15, -0.1) is 0 Å². The van der Waals surface area contributed by atoms with Crippen LogP contribution >= 0.6 is 0 Å². The van der Waals surface area contributed by atoms with E-state index >= 15 is 0 Å². The molecule has 4 rings (SSSR count). The average molecular weight is 377 g/mol. The van der Waals surface area contributed by atoms with Gasteiger partial charge in [0.25, 0.3) is 11.5 Å². The predicted molar refractivity (Wildman–Crippen MR) is 102 cm³/mol. The number of carbonyl (C=O) groups is 1. The number of nitrogens with zero attached hydrogens (tertiary/aromatic N) is 6. The van der Waals surface area contributed by atoms with Gasteiger partial charge in [-0.25, -0.2) is 19.4 Å². The Morgan fingerprint density at radius 2 is 1.82 bits per heavy atom. The molecule has 28 heavy (non-hydrogen) atoms. The molecule has 4 aromatic rings. The molecule has 10 nitrogen and oxygen atoms in total. The Morgan fingerprint density at radius 1 is 1.04 bits per heavy atom. The highest BCUT2D eigenvalue weighted by molar-refractivity contribution is 6.04. The summed E-state index contributed by atoms with van der Waals surface area (Å²) in [7, 11) is 2.89. The molecule has 0 unspecified atom stereocenters. The molecular formula is C18H15N7O3. The van der Waals surface area contributed by atoms with E-state index in [2.05, 4.69) is 20.4 Å². The summed E-state index contributed by atoms with van der Waals surface area (Å²) in [5, 5.41) is 7.10. The zero-order chi connectivity index (χ0) is 19.8. The molecule has 0 aliphatic carbocycles. The lowest BCUT2D eigenvalue weighted by Crippen LogP contribution is -2.37. The first-order valence-electron chi connectivity index (χ1n) is 8.29. The van der Waals surface area contributed by atoms with Gasteiger partial charge in [-0.3, -0.25) is 18.7 Å².